The largest absolute Gasteiger partial charge is 0.353 e. The highest BCUT2D eigenvalue weighted by Crippen LogP contribution is 2.30. The van der Waals surface area contributed by atoms with Gasteiger partial charge in [0.15, 0.2) is 17.9 Å². The number of hydrogen-bond acceptors (Lipinski definition) is 2. The molecule has 1 aliphatic heterocycles. The number of ether oxygens (including phenoxy) is 2. The predicted molar refractivity (Wildman–Crippen MR) is 99.4 cm³/mol. The highest BCUT2D eigenvalue weighted by molar-refractivity contribution is 5.70. The fourth-order valence-electron chi connectivity index (χ4n) is 3.10. The topological polar surface area (TPSA) is 18.5 Å². The Hall–Kier alpha value is -2.04. The molecular formula is C22H24F2O2. The standard InChI is InChI=1S/C22H24F2O2/c1-2-19(26-20-10-6-7-15-25-20)18-14-13-17(21(23)22(18)24)12-11-16-8-4-3-5-9-16/h3-5,8-9,11-14,19-20H,2,6-7,10,15H2,1H3/b12-11+. The zero-order chi connectivity index (χ0) is 18.4. The first-order valence-corrected chi connectivity index (χ1v) is 9.17. The first-order valence-electron chi connectivity index (χ1n) is 9.17. The van der Waals surface area contributed by atoms with Gasteiger partial charge in [-0.25, -0.2) is 8.78 Å². The Morgan fingerprint density at radius 1 is 1.08 bits per heavy atom. The van der Waals surface area contributed by atoms with Crippen molar-refractivity contribution in [2.75, 3.05) is 6.61 Å². The molecule has 1 fully saturated rings. The molecule has 0 radical (unpaired) electrons. The summed E-state index contributed by atoms with van der Waals surface area (Å²) in [5.41, 5.74) is 1.40. The van der Waals surface area contributed by atoms with Crippen LogP contribution < -0.4 is 0 Å². The molecule has 0 spiro atoms. The molecule has 1 saturated heterocycles. The Kier molecular flexibility index (Phi) is 6.53. The summed E-state index contributed by atoms with van der Waals surface area (Å²) < 4.78 is 40.6. The summed E-state index contributed by atoms with van der Waals surface area (Å²) in [7, 11) is 0. The lowest BCUT2D eigenvalue weighted by Crippen LogP contribution is -2.24. The summed E-state index contributed by atoms with van der Waals surface area (Å²) in [6.07, 6.45) is 5.88. The highest BCUT2D eigenvalue weighted by Gasteiger charge is 2.24. The van der Waals surface area contributed by atoms with Crippen LogP contribution in [0.1, 0.15) is 55.4 Å². The molecule has 26 heavy (non-hydrogen) atoms. The summed E-state index contributed by atoms with van der Waals surface area (Å²) in [5.74, 6) is -1.69. The minimum absolute atomic E-state index is 0.221. The van der Waals surface area contributed by atoms with Crippen LogP contribution in [0.3, 0.4) is 0 Å². The summed E-state index contributed by atoms with van der Waals surface area (Å²) in [6, 6.07) is 12.7. The van der Waals surface area contributed by atoms with E-state index in [1.807, 2.05) is 37.3 Å². The van der Waals surface area contributed by atoms with E-state index in [-0.39, 0.29) is 17.4 Å². The molecule has 2 nitrogen and oxygen atoms in total. The molecule has 0 N–H and O–H groups in total. The van der Waals surface area contributed by atoms with Gasteiger partial charge in [0.1, 0.15) is 0 Å². The third kappa shape index (κ3) is 4.57. The van der Waals surface area contributed by atoms with Crippen LogP contribution >= 0.6 is 0 Å². The van der Waals surface area contributed by atoms with Crippen molar-refractivity contribution >= 4 is 12.2 Å². The SMILES string of the molecule is CCC(OC1CCCCO1)c1ccc(/C=C/c2ccccc2)c(F)c1F. The van der Waals surface area contributed by atoms with Gasteiger partial charge in [-0.15, -0.1) is 0 Å². The van der Waals surface area contributed by atoms with Gasteiger partial charge in [-0.1, -0.05) is 61.5 Å². The van der Waals surface area contributed by atoms with Crippen molar-refractivity contribution in [2.45, 2.75) is 45.0 Å². The van der Waals surface area contributed by atoms with E-state index < -0.39 is 17.7 Å². The van der Waals surface area contributed by atoms with E-state index in [0.29, 0.717) is 13.0 Å². The van der Waals surface area contributed by atoms with Crippen LogP contribution in [0, 0.1) is 11.6 Å². The molecule has 0 amide bonds. The Morgan fingerprint density at radius 2 is 1.88 bits per heavy atom. The van der Waals surface area contributed by atoms with Gasteiger partial charge in [-0.05, 0) is 31.2 Å². The predicted octanol–water partition coefficient (Wildman–Crippen LogP) is 6.13. The molecule has 2 aromatic rings. The van der Waals surface area contributed by atoms with Crippen molar-refractivity contribution in [1.29, 1.82) is 0 Å². The maximum Gasteiger partial charge on any atom is 0.166 e. The van der Waals surface area contributed by atoms with Crippen molar-refractivity contribution in [2.24, 2.45) is 0 Å². The van der Waals surface area contributed by atoms with E-state index in [1.165, 1.54) is 0 Å². The minimum atomic E-state index is -0.846. The zero-order valence-electron chi connectivity index (χ0n) is 15.0. The highest BCUT2D eigenvalue weighted by atomic mass is 19.2. The van der Waals surface area contributed by atoms with Crippen LogP contribution in [0.2, 0.25) is 0 Å². The quantitative estimate of drug-likeness (QED) is 0.578. The molecule has 0 saturated carbocycles. The van der Waals surface area contributed by atoms with Crippen molar-refractivity contribution in [3.8, 4) is 0 Å². The van der Waals surface area contributed by atoms with Gasteiger partial charge in [0, 0.05) is 17.7 Å². The van der Waals surface area contributed by atoms with E-state index in [9.17, 15) is 8.78 Å². The minimum Gasteiger partial charge on any atom is -0.353 e. The monoisotopic (exact) mass is 358 g/mol. The van der Waals surface area contributed by atoms with Crippen LogP contribution in [0.4, 0.5) is 8.78 Å². The van der Waals surface area contributed by atoms with Crippen LogP contribution in [0.5, 0.6) is 0 Å². The average molecular weight is 358 g/mol. The number of rotatable bonds is 6. The summed E-state index contributed by atoms with van der Waals surface area (Å²) in [6.45, 7) is 2.55. The first-order chi connectivity index (χ1) is 12.7. The van der Waals surface area contributed by atoms with Gasteiger partial charge in [-0.2, -0.15) is 0 Å². The Labute approximate surface area is 153 Å². The second-order valence-corrected chi connectivity index (χ2v) is 6.45. The third-order valence-electron chi connectivity index (χ3n) is 4.57. The van der Waals surface area contributed by atoms with Crippen molar-refractivity contribution < 1.29 is 18.3 Å². The van der Waals surface area contributed by atoms with Crippen molar-refractivity contribution in [3.05, 3.63) is 70.8 Å². The van der Waals surface area contributed by atoms with Crippen LogP contribution in [-0.2, 0) is 9.47 Å². The molecule has 3 rings (SSSR count). The molecule has 0 aromatic heterocycles. The zero-order valence-corrected chi connectivity index (χ0v) is 15.0. The van der Waals surface area contributed by atoms with Crippen molar-refractivity contribution in [1.82, 2.24) is 0 Å². The van der Waals surface area contributed by atoms with E-state index >= 15 is 0 Å². The number of hydrogen-bond donors (Lipinski definition) is 0. The first kappa shape index (κ1) is 18.7. The van der Waals surface area contributed by atoms with Gasteiger partial charge in [0.25, 0.3) is 0 Å². The lowest BCUT2D eigenvalue weighted by atomic mass is 10.0. The molecule has 4 heteroatoms. The number of halogens is 2. The fraction of sp³-hybridized carbons (Fsp3) is 0.364. The van der Waals surface area contributed by atoms with E-state index in [4.69, 9.17) is 9.47 Å². The van der Waals surface area contributed by atoms with Gasteiger partial charge in [0.2, 0.25) is 0 Å². The molecule has 1 aliphatic rings. The van der Waals surface area contributed by atoms with Crippen LogP contribution in [0.25, 0.3) is 12.2 Å². The summed E-state index contributed by atoms with van der Waals surface area (Å²) in [4.78, 5) is 0. The summed E-state index contributed by atoms with van der Waals surface area (Å²) in [5, 5.41) is 0. The van der Waals surface area contributed by atoms with Gasteiger partial charge >= 0.3 is 0 Å². The van der Waals surface area contributed by atoms with Crippen LogP contribution in [-0.4, -0.2) is 12.9 Å². The molecule has 1 heterocycles. The number of benzene rings is 2. The van der Waals surface area contributed by atoms with Gasteiger partial charge < -0.3 is 9.47 Å². The Balaban J connectivity index is 1.78. The van der Waals surface area contributed by atoms with E-state index in [0.717, 1.165) is 24.8 Å². The molecule has 0 aliphatic carbocycles. The molecule has 2 unspecified atom stereocenters. The Bertz CT molecular complexity index is 737. The van der Waals surface area contributed by atoms with E-state index in [1.54, 1.807) is 24.3 Å². The molecule has 2 atom stereocenters. The second-order valence-electron chi connectivity index (χ2n) is 6.45. The molecule has 2 aromatic carbocycles. The van der Waals surface area contributed by atoms with E-state index in [2.05, 4.69) is 0 Å². The second kappa shape index (κ2) is 9.06. The molecule has 138 valence electrons. The van der Waals surface area contributed by atoms with Crippen molar-refractivity contribution in [3.63, 3.8) is 0 Å². The lowest BCUT2D eigenvalue weighted by Gasteiger charge is -2.27. The smallest absolute Gasteiger partial charge is 0.166 e. The van der Waals surface area contributed by atoms with Gasteiger partial charge in [-0.3, -0.25) is 0 Å². The fourth-order valence-corrected chi connectivity index (χ4v) is 3.10. The van der Waals surface area contributed by atoms with Gasteiger partial charge in [0.05, 0.1) is 6.10 Å². The third-order valence-corrected chi connectivity index (χ3v) is 4.57. The maximum absolute atomic E-state index is 14.6. The molecular weight excluding hydrogens is 334 g/mol. The Morgan fingerprint density at radius 3 is 2.58 bits per heavy atom. The average Bonchev–Trinajstić information content (AvgIpc) is 2.69. The molecule has 0 bridgehead atoms. The normalized spacial score (nSPS) is 19.0. The van der Waals surface area contributed by atoms with Crippen LogP contribution in [0.15, 0.2) is 42.5 Å². The lowest BCUT2D eigenvalue weighted by molar-refractivity contribution is -0.191. The maximum atomic E-state index is 14.6. The summed E-state index contributed by atoms with van der Waals surface area (Å²) >= 11 is 0.